The van der Waals surface area contributed by atoms with Crippen LogP contribution in [0.4, 0.5) is 0 Å². The highest BCUT2D eigenvalue weighted by molar-refractivity contribution is 5.70. The largest absolute Gasteiger partial charge is 0.356 e. The van der Waals surface area contributed by atoms with E-state index in [4.69, 9.17) is 4.52 Å². The Bertz CT molecular complexity index is 599. The first-order valence-electron chi connectivity index (χ1n) is 6.91. The van der Waals surface area contributed by atoms with E-state index in [0.717, 1.165) is 31.0 Å². The van der Waals surface area contributed by atoms with Crippen LogP contribution in [0.25, 0.3) is 11.3 Å². The summed E-state index contributed by atoms with van der Waals surface area (Å²) in [5, 5.41) is 7.59. The summed E-state index contributed by atoms with van der Waals surface area (Å²) >= 11 is 0. The molecule has 3 nitrogen and oxygen atoms in total. The molecule has 1 N–H and O–H groups in total. The fourth-order valence-corrected chi connectivity index (χ4v) is 2.93. The lowest BCUT2D eigenvalue weighted by atomic mass is 9.72. The Morgan fingerprint density at radius 3 is 2.89 bits per heavy atom. The second-order valence-corrected chi connectivity index (χ2v) is 5.82. The van der Waals surface area contributed by atoms with Crippen LogP contribution in [0, 0.1) is 0 Å². The number of rotatable bonds is 3. The smallest absolute Gasteiger partial charge is 0.170 e. The van der Waals surface area contributed by atoms with Crippen LogP contribution in [0.2, 0.25) is 0 Å². The van der Waals surface area contributed by atoms with E-state index in [1.165, 1.54) is 16.7 Å². The molecule has 0 fully saturated rings. The zero-order chi connectivity index (χ0) is 13.5. The quantitative estimate of drug-likeness (QED) is 0.915. The first kappa shape index (κ1) is 12.4. The van der Waals surface area contributed by atoms with Gasteiger partial charge in [0, 0.05) is 17.7 Å². The van der Waals surface area contributed by atoms with Gasteiger partial charge in [0.25, 0.3) is 0 Å². The number of hydrogen-bond donors (Lipinski definition) is 1. The lowest BCUT2D eigenvalue weighted by Gasteiger charge is -2.31. The zero-order valence-corrected chi connectivity index (χ0v) is 11.8. The molecule has 0 amide bonds. The van der Waals surface area contributed by atoms with Crippen molar-refractivity contribution in [3.63, 3.8) is 0 Å². The Balaban J connectivity index is 2.11. The maximum absolute atomic E-state index is 5.61. The number of aromatic nitrogens is 1. The summed E-state index contributed by atoms with van der Waals surface area (Å²) in [7, 11) is 0. The number of benzene rings is 1. The maximum Gasteiger partial charge on any atom is 0.170 e. The normalized spacial score (nSPS) is 15.9. The SMILES string of the molecule is CCNCc1noc2c1CC(C)(C)c1ccccc1-2. The van der Waals surface area contributed by atoms with Crippen LogP contribution in [0.15, 0.2) is 28.8 Å². The average molecular weight is 256 g/mol. The summed E-state index contributed by atoms with van der Waals surface area (Å²) in [5.74, 6) is 0.961. The monoisotopic (exact) mass is 256 g/mol. The predicted octanol–water partition coefficient (Wildman–Crippen LogP) is 3.28. The molecule has 0 saturated carbocycles. The lowest BCUT2D eigenvalue weighted by Crippen LogP contribution is -2.26. The Morgan fingerprint density at radius 2 is 2.11 bits per heavy atom. The van der Waals surface area contributed by atoms with Crippen molar-refractivity contribution in [3.8, 4) is 11.3 Å². The van der Waals surface area contributed by atoms with Gasteiger partial charge in [-0.2, -0.15) is 0 Å². The number of hydrogen-bond acceptors (Lipinski definition) is 3. The highest BCUT2D eigenvalue weighted by Gasteiger charge is 2.34. The van der Waals surface area contributed by atoms with Crippen LogP contribution in [0.3, 0.4) is 0 Å². The molecular formula is C16H20N2O. The number of nitrogens with zero attached hydrogens (tertiary/aromatic N) is 1. The molecule has 1 aromatic heterocycles. The lowest BCUT2D eigenvalue weighted by molar-refractivity contribution is 0.416. The molecular weight excluding hydrogens is 236 g/mol. The molecule has 1 aromatic carbocycles. The van der Waals surface area contributed by atoms with Gasteiger partial charge in [-0.1, -0.05) is 50.2 Å². The molecule has 3 heteroatoms. The molecule has 0 bridgehead atoms. The van der Waals surface area contributed by atoms with Gasteiger partial charge in [-0.05, 0) is 23.9 Å². The van der Waals surface area contributed by atoms with Crippen molar-refractivity contribution in [2.45, 2.75) is 39.2 Å². The molecule has 2 aromatic rings. The third-order valence-corrected chi connectivity index (χ3v) is 3.93. The highest BCUT2D eigenvalue weighted by Crippen LogP contribution is 2.43. The van der Waals surface area contributed by atoms with Crippen LogP contribution >= 0.6 is 0 Å². The van der Waals surface area contributed by atoms with Crippen molar-refractivity contribution in [2.75, 3.05) is 6.54 Å². The predicted molar refractivity (Wildman–Crippen MR) is 76.0 cm³/mol. The van der Waals surface area contributed by atoms with Gasteiger partial charge in [-0.3, -0.25) is 0 Å². The standard InChI is InChI=1S/C16H20N2O/c1-4-17-10-14-12-9-16(2,3)13-8-6-5-7-11(13)15(12)19-18-14/h5-8,17H,4,9-10H2,1-3H3. The van der Waals surface area contributed by atoms with Gasteiger partial charge in [0.05, 0.1) is 0 Å². The number of fused-ring (bicyclic) bond motifs is 3. The molecule has 0 unspecified atom stereocenters. The second-order valence-electron chi connectivity index (χ2n) is 5.82. The third kappa shape index (κ3) is 1.98. The Kier molecular flexibility index (Phi) is 2.94. The average Bonchev–Trinajstić information content (AvgIpc) is 2.79. The van der Waals surface area contributed by atoms with E-state index < -0.39 is 0 Å². The van der Waals surface area contributed by atoms with E-state index in [9.17, 15) is 0 Å². The minimum Gasteiger partial charge on any atom is -0.356 e. The van der Waals surface area contributed by atoms with Crippen molar-refractivity contribution >= 4 is 0 Å². The Labute approximate surface area is 114 Å². The maximum atomic E-state index is 5.61. The van der Waals surface area contributed by atoms with Crippen molar-refractivity contribution in [1.82, 2.24) is 10.5 Å². The molecule has 1 aliphatic rings. The second kappa shape index (κ2) is 4.49. The van der Waals surface area contributed by atoms with Gasteiger partial charge in [0.1, 0.15) is 5.69 Å². The molecule has 0 saturated heterocycles. The zero-order valence-electron chi connectivity index (χ0n) is 11.8. The van der Waals surface area contributed by atoms with Gasteiger partial charge in [0.15, 0.2) is 5.76 Å². The fourth-order valence-electron chi connectivity index (χ4n) is 2.93. The van der Waals surface area contributed by atoms with Crippen molar-refractivity contribution in [3.05, 3.63) is 41.1 Å². The van der Waals surface area contributed by atoms with E-state index in [1.807, 2.05) is 0 Å². The summed E-state index contributed by atoms with van der Waals surface area (Å²) in [6.07, 6.45) is 0.990. The van der Waals surface area contributed by atoms with Gasteiger partial charge in [-0.15, -0.1) is 0 Å². The molecule has 19 heavy (non-hydrogen) atoms. The molecule has 0 aliphatic heterocycles. The van der Waals surface area contributed by atoms with Crippen LogP contribution in [0.5, 0.6) is 0 Å². The minimum atomic E-state index is 0.135. The van der Waals surface area contributed by atoms with E-state index >= 15 is 0 Å². The highest BCUT2D eigenvalue weighted by atomic mass is 16.5. The Morgan fingerprint density at radius 1 is 1.32 bits per heavy atom. The fraction of sp³-hybridized carbons (Fsp3) is 0.438. The summed E-state index contributed by atoms with van der Waals surface area (Å²) in [6.45, 7) is 8.42. The topological polar surface area (TPSA) is 38.1 Å². The van der Waals surface area contributed by atoms with Crippen molar-refractivity contribution in [2.24, 2.45) is 0 Å². The number of nitrogens with one attached hydrogen (secondary N) is 1. The summed E-state index contributed by atoms with van der Waals surface area (Å²) in [6, 6.07) is 8.50. The van der Waals surface area contributed by atoms with Crippen LogP contribution in [-0.2, 0) is 18.4 Å². The minimum absolute atomic E-state index is 0.135. The van der Waals surface area contributed by atoms with Gasteiger partial charge in [0.2, 0.25) is 0 Å². The summed E-state index contributed by atoms with van der Waals surface area (Å²) in [5.41, 5.74) is 5.01. The van der Waals surface area contributed by atoms with Crippen molar-refractivity contribution in [1.29, 1.82) is 0 Å². The van der Waals surface area contributed by atoms with Gasteiger partial charge >= 0.3 is 0 Å². The molecule has 3 rings (SSSR count). The van der Waals surface area contributed by atoms with Crippen LogP contribution < -0.4 is 5.32 Å². The van der Waals surface area contributed by atoms with E-state index in [2.05, 4.69) is 55.5 Å². The van der Waals surface area contributed by atoms with Gasteiger partial charge in [-0.25, -0.2) is 0 Å². The molecule has 0 atom stereocenters. The van der Waals surface area contributed by atoms with Crippen LogP contribution in [-0.4, -0.2) is 11.7 Å². The molecule has 0 radical (unpaired) electrons. The first-order chi connectivity index (χ1) is 9.13. The van der Waals surface area contributed by atoms with Crippen molar-refractivity contribution < 1.29 is 4.52 Å². The first-order valence-corrected chi connectivity index (χ1v) is 6.91. The Hall–Kier alpha value is -1.61. The third-order valence-electron chi connectivity index (χ3n) is 3.93. The molecule has 1 heterocycles. The summed E-state index contributed by atoms with van der Waals surface area (Å²) < 4.78 is 5.61. The van der Waals surface area contributed by atoms with E-state index in [-0.39, 0.29) is 5.41 Å². The molecule has 1 aliphatic carbocycles. The molecule has 0 spiro atoms. The van der Waals surface area contributed by atoms with Gasteiger partial charge < -0.3 is 9.84 Å². The molecule has 100 valence electrons. The summed E-state index contributed by atoms with van der Waals surface area (Å²) in [4.78, 5) is 0. The van der Waals surface area contributed by atoms with Crippen LogP contribution in [0.1, 0.15) is 37.6 Å². The van der Waals surface area contributed by atoms with E-state index in [1.54, 1.807) is 0 Å². The van der Waals surface area contributed by atoms with E-state index in [0.29, 0.717) is 0 Å².